The van der Waals surface area contributed by atoms with Gasteiger partial charge in [0.2, 0.25) is 5.91 Å². The molecule has 1 aromatic heterocycles. The Bertz CT molecular complexity index is 813. The Labute approximate surface area is 166 Å². The average molecular weight is 383 g/mol. The van der Waals surface area contributed by atoms with Crippen LogP contribution in [0.4, 0.5) is 0 Å². The van der Waals surface area contributed by atoms with Crippen molar-refractivity contribution >= 4 is 11.8 Å². The molecule has 2 atom stereocenters. The van der Waals surface area contributed by atoms with Gasteiger partial charge >= 0.3 is 0 Å². The number of amides is 2. The lowest BCUT2D eigenvalue weighted by Gasteiger charge is -2.40. The number of hydrogen-bond donors (Lipinski definition) is 1. The maximum Gasteiger partial charge on any atom is 0.274 e. The van der Waals surface area contributed by atoms with E-state index in [9.17, 15) is 9.59 Å². The SMILES string of the molecule is CC(C)C[C@H]1CN(C(=O)c2cn(-c3ccccc3)cn2)[C@@H](CC(C)C)C(=O)N1. The van der Waals surface area contributed by atoms with E-state index in [1.165, 1.54) is 0 Å². The van der Waals surface area contributed by atoms with E-state index in [4.69, 9.17) is 0 Å². The molecule has 0 radical (unpaired) electrons. The second-order valence-corrected chi connectivity index (χ2v) is 8.44. The smallest absolute Gasteiger partial charge is 0.274 e. The summed E-state index contributed by atoms with van der Waals surface area (Å²) < 4.78 is 1.83. The molecule has 3 rings (SSSR count). The van der Waals surface area contributed by atoms with E-state index in [1.807, 2.05) is 34.9 Å². The Balaban J connectivity index is 1.85. The van der Waals surface area contributed by atoms with Crippen molar-refractivity contribution in [1.29, 1.82) is 0 Å². The standard InChI is InChI=1S/C22H30N4O2/c1-15(2)10-17-12-26(20(11-16(3)4)21(27)24-17)22(28)19-13-25(14-23-19)18-8-6-5-7-9-18/h5-9,13-17,20H,10-12H2,1-4H3,(H,24,27)/t17-,20-/m0/s1. The Kier molecular flexibility index (Phi) is 6.17. The predicted molar refractivity (Wildman–Crippen MR) is 109 cm³/mol. The number of hydrogen-bond acceptors (Lipinski definition) is 3. The fourth-order valence-electron chi connectivity index (χ4n) is 3.78. The van der Waals surface area contributed by atoms with Gasteiger partial charge in [0.1, 0.15) is 18.1 Å². The van der Waals surface area contributed by atoms with Crippen LogP contribution < -0.4 is 5.32 Å². The fraction of sp³-hybridized carbons (Fsp3) is 0.500. The summed E-state index contributed by atoms with van der Waals surface area (Å²) >= 11 is 0. The molecule has 1 N–H and O–H groups in total. The molecule has 150 valence electrons. The molecule has 0 spiro atoms. The molecule has 0 bridgehead atoms. The molecule has 1 fully saturated rings. The van der Waals surface area contributed by atoms with Crippen molar-refractivity contribution in [2.45, 2.75) is 52.6 Å². The van der Waals surface area contributed by atoms with Gasteiger partial charge in [-0.1, -0.05) is 45.9 Å². The molecular weight excluding hydrogens is 352 g/mol. The molecule has 2 heterocycles. The number of aromatic nitrogens is 2. The van der Waals surface area contributed by atoms with Crippen LogP contribution in [0.25, 0.3) is 5.69 Å². The van der Waals surface area contributed by atoms with Gasteiger partial charge in [0.05, 0.1) is 0 Å². The fourth-order valence-corrected chi connectivity index (χ4v) is 3.78. The molecule has 1 aliphatic heterocycles. The average Bonchev–Trinajstić information content (AvgIpc) is 3.13. The minimum Gasteiger partial charge on any atom is -0.350 e. The summed E-state index contributed by atoms with van der Waals surface area (Å²) in [4.78, 5) is 32.1. The quantitative estimate of drug-likeness (QED) is 0.834. The van der Waals surface area contributed by atoms with Gasteiger partial charge in [-0.25, -0.2) is 4.98 Å². The minimum atomic E-state index is -0.446. The summed E-state index contributed by atoms with van der Waals surface area (Å²) in [5.41, 5.74) is 1.32. The van der Waals surface area contributed by atoms with Gasteiger partial charge in [-0.05, 0) is 36.8 Å². The molecule has 28 heavy (non-hydrogen) atoms. The summed E-state index contributed by atoms with van der Waals surface area (Å²) in [7, 11) is 0. The zero-order valence-corrected chi connectivity index (χ0v) is 17.1. The molecule has 0 saturated carbocycles. The van der Waals surface area contributed by atoms with Gasteiger partial charge in [0, 0.05) is 24.5 Å². The van der Waals surface area contributed by atoms with Crippen LogP contribution in [0.2, 0.25) is 0 Å². The third-order valence-electron chi connectivity index (χ3n) is 5.01. The monoisotopic (exact) mass is 382 g/mol. The number of nitrogens with zero attached hydrogens (tertiary/aromatic N) is 3. The summed E-state index contributed by atoms with van der Waals surface area (Å²) in [5.74, 6) is 0.529. The van der Waals surface area contributed by atoms with E-state index in [1.54, 1.807) is 17.4 Å². The highest BCUT2D eigenvalue weighted by atomic mass is 16.2. The predicted octanol–water partition coefficient (Wildman–Crippen LogP) is 3.27. The number of piperazine rings is 1. The third-order valence-corrected chi connectivity index (χ3v) is 5.01. The van der Waals surface area contributed by atoms with Crippen molar-refractivity contribution in [2.24, 2.45) is 11.8 Å². The highest BCUT2D eigenvalue weighted by Crippen LogP contribution is 2.22. The van der Waals surface area contributed by atoms with Gasteiger partial charge in [0.25, 0.3) is 5.91 Å². The Morgan fingerprint density at radius 2 is 1.82 bits per heavy atom. The highest BCUT2D eigenvalue weighted by molar-refractivity contribution is 5.97. The summed E-state index contributed by atoms with van der Waals surface area (Å²) in [6.45, 7) is 8.92. The molecule has 1 aromatic carbocycles. The van der Waals surface area contributed by atoms with Gasteiger partial charge in [-0.3, -0.25) is 9.59 Å². The summed E-state index contributed by atoms with van der Waals surface area (Å²) in [6, 6.07) is 9.30. The van der Waals surface area contributed by atoms with Crippen LogP contribution in [-0.2, 0) is 4.79 Å². The maximum atomic E-state index is 13.3. The molecular formula is C22H30N4O2. The van der Waals surface area contributed by atoms with Crippen molar-refractivity contribution in [3.8, 4) is 5.69 Å². The molecule has 0 aliphatic carbocycles. The number of imidazole rings is 1. The second kappa shape index (κ2) is 8.59. The topological polar surface area (TPSA) is 67.2 Å². The Morgan fingerprint density at radius 3 is 2.46 bits per heavy atom. The van der Waals surface area contributed by atoms with Crippen molar-refractivity contribution in [1.82, 2.24) is 19.8 Å². The molecule has 2 aromatic rings. The summed E-state index contributed by atoms with van der Waals surface area (Å²) in [5, 5.41) is 3.11. The zero-order chi connectivity index (χ0) is 20.3. The lowest BCUT2D eigenvalue weighted by molar-refractivity contribution is -0.130. The first-order valence-electron chi connectivity index (χ1n) is 10.1. The van der Waals surface area contributed by atoms with Crippen LogP contribution in [0.3, 0.4) is 0 Å². The summed E-state index contributed by atoms with van der Waals surface area (Å²) in [6.07, 6.45) is 4.89. The van der Waals surface area contributed by atoms with Crippen molar-refractivity contribution < 1.29 is 9.59 Å². The number of rotatable bonds is 6. The first-order chi connectivity index (χ1) is 13.3. The lowest BCUT2D eigenvalue weighted by Crippen LogP contribution is -2.62. The second-order valence-electron chi connectivity index (χ2n) is 8.44. The first-order valence-corrected chi connectivity index (χ1v) is 10.1. The number of para-hydroxylation sites is 1. The molecule has 0 unspecified atom stereocenters. The van der Waals surface area contributed by atoms with Crippen LogP contribution in [0.1, 0.15) is 51.0 Å². The van der Waals surface area contributed by atoms with E-state index in [0.717, 1.165) is 12.1 Å². The van der Waals surface area contributed by atoms with Crippen molar-refractivity contribution in [3.63, 3.8) is 0 Å². The van der Waals surface area contributed by atoms with Gasteiger partial charge in [0.15, 0.2) is 0 Å². The van der Waals surface area contributed by atoms with E-state index >= 15 is 0 Å². The number of carbonyl (C=O) groups excluding carboxylic acids is 2. The van der Waals surface area contributed by atoms with E-state index in [2.05, 4.69) is 38.0 Å². The van der Waals surface area contributed by atoms with Gasteiger partial charge < -0.3 is 14.8 Å². The van der Waals surface area contributed by atoms with Crippen LogP contribution in [0, 0.1) is 11.8 Å². The van der Waals surface area contributed by atoms with Gasteiger partial charge in [-0.2, -0.15) is 0 Å². The molecule has 1 saturated heterocycles. The lowest BCUT2D eigenvalue weighted by atomic mass is 9.95. The molecule has 1 aliphatic rings. The Morgan fingerprint density at radius 1 is 1.14 bits per heavy atom. The largest absolute Gasteiger partial charge is 0.350 e. The van der Waals surface area contributed by atoms with E-state index in [-0.39, 0.29) is 17.9 Å². The van der Waals surface area contributed by atoms with Crippen LogP contribution >= 0.6 is 0 Å². The number of benzene rings is 1. The van der Waals surface area contributed by atoms with E-state index < -0.39 is 6.04 Å². The minimum absolute atomic E-state index is 0.0175. The molecule has 6 heteroatoms. The van der Waals surface area contributed by atoms with Crippen molar-refractivity contribution in [2.75, 3.05) is 6.54 Å². The molecule has 2 amide bonds. The third kappa shape index (κ3) is 4.61. The van der Waals surface area contributed by atoms with E-state index in [0.29, 0.717) is 30.5 Å². The number of nitrogens with one attached hydrogen (secondary N) is 1. The first kappa shape index (κ1) is 20.1. The van der Waals surface area contributed by atoms with Crippen LogP contribution in [-0.4, -0.2) is 44.9 Å². The normalized spacial score (nSPS) is 19.9. The van der Waals surface area contributed by atoms with Crippen LogP contribution in [0.15, 0.2) is 42.9 Å². The number of carbonyl (C=O) groups is 2. The van der Waals surface area contributed by atoms with Gasteiger partial charge in [-0.15, -0.1) is 0 Å². The Hall–Kier alpha value is -2.63. The zero-order valence-electron chi connectivity index (χ0n) is 17.1. The molecule has 6 nitrogen and oxygen atoms in total. The van der Waals surface area contributed by atoms with Crippen LogP contribution in [0.5, 0.6) is 0 Å². The maximum absolute atomic E-state index is 13.3. The van der Waals surface area contributed by atoms with Crippen molar-refractivity contribution in [3.05, 3.63) is 48.5 Å². The highest BCUT2D eigenvalue weighted by Gasteiger charge is 2.38.